The molecule has 3 rings (SSSR count). The van der Waals surface area contributed by atoms with Gasteiger partial charge in [0.25, 0.3) is 10.0 Å². The van der Waals surface area contributed by atoms with E-state index in [0.29, 0.717) is 6.42 Å². The number of hydrogen-bond donors (Lipinski definition) is 3. The zero-order valence-electron chi connectivity index (χ0n) is 18.6. The number of benzene rings is 1. The molecule has 33 heavy (non-hydrogen) atoms. The minimum atomic E-state index is -3.93. The van der Waals surface area contributed by atoms with Crippen molar-refractivity contribution >= 4 is 21.8 Å². The van der Waals surface area contributed by atoms with Crippen molar-refractivity contribution in [3.05, 3.63) is 54.3 Å². The summed E-state index contributed by atoms with van der Waals surface area (Å²) < 4.78 is 32.6. The summed E-state index contributed by atoms with van der Waals surface area (Å²) in [5, 5.41) is 16.2. The molecule has 9 nitrogen and oxygen atoms in total. The van der Waals surface area contributed by atoms with E-state index < -0.39 is 22.2 Å². The van der Waals surface area contributed by atoms with Crippen LogP contribution in [-0.4, -0.2) is 61.9 Å². The highest BCUT2D eigenvalue weighted by molar-refractivity contribution is 7.89. The molecule has 1 heterocycles. The van der Waals surface area contributed by atoms with E-state index in [1.165, 1.54) is 29.7 Å². The van der Waals surface area contributed by atoms with Gasteiger partial charge in [-0.3, -0.25) is 9.59 Å². The van der Waals surface area contributed by atoms with E-state index in [1.807, 2.05) is 30.3 Å². The Labute approximate surface area is 194 Å². The fourth-order valence-corrected chi connectivity index (χ4v) is 4.95. The number of aliphatic hydroxyl groups is 1. The molecule has 3 N–H and O–H groups in total. The summed E-state index contributed by atoms with van der Waals surface area (Å²) >= 11 is 0. The van der Waals surface area contributed by atoms with Crippen LogP contribution in [0.3, 0.4) is 0 Å². The summed E-state index contributed by atoms with van der Waals surface area (Å²) in [7, 11) is -2.43. The van der Waals surface area contributed by atoms with Gasteiger partial charge >= 0.3 is 0 Å². The molecule has 0 radical (unpaired) electrons. The molecule has 0 saturated heterocycles. The third-order valence-corrected chi connectivity index (χ3v) is 7.32. The monoisotopic (exact) mass is 477 g/mol. The predicted octanol–water partition coefficient (Wildman–Crippen LogP) is 1.29. The molecule has 1 aliphatic carbocycles. The highest BCUT2D eigenvalue weighted by Gasteiger charge is 2.36. The Morgan fingerprint density at radius 1 is 1.12 bits per heavy atom. The molecule has 2 atom stereocenters. The number of carbonyl (C=O) groups is 2. The fourth-order valence-electron chi connectivity index (χ4n) is 3.51. The van der Waals surface area contributed by atoms with Gasteiger partial charge in [0, 0.05) is 33.0 Å². The summed E-state index contributed by atoms with van der Waals surface area (Å²) in [5.41, 5.74) is 0.885. The first-order valence-corrected chi connectivity index (χ1v) is 12.5. The van der Waals surface area contributed by atoms with Crippen LogP contribution in [0, 0.1) is 5.92 Å². The highest BCUT2D eigenvalue weighted by atomic mass is 32.2. The van der Waals surface area contributed by atoms with Crippen molar-refractivity contribution < 1.29 is 27.5 Å². The van der Waals surface area contributed by atoms with Crippen molar-refractivity contribution in [1.29, 1.82) is 0 Å². The van der Waals surface area contributed by atoms with Gasteiger partial charge in [0.05, 0.1) is 18.4 Å². The Morgan fingerprint density at radius 3 is 2.42 bits per heavy atom. The molecule has 0 unspecified atom stereocenters. The molecule has 1 aliphatic rings. The smallest absolute Gasteiger partial charge is 0.276 e. The Hall–Kier alpha value is -2.69. The first-order chi connectivity index (χ1) is 15.8. The third kappa shape index (κ3) is 7.41. The van der Waals surface area contributed by atoms with Gasteiger partial charge in [-0.15, -0.1) is 0 Å². The number of sulfonamides is 1. The molecule has 0 aliphatic heterocycles. The van der Waals surface area contributed by atoms with Crippen LogP contribution in [-0.2, 0) is 26.0 Å². The first kappa shape index (κ1) is 24.9. The Balaban J connectivity index is 1.75. The molecule has 180 valence electrons. The molecule has 1 saturated carbocycles. The first-order valence-electron chi connectivity index (χ1n) is 11.0. The summed E-state index contributed by atoms with van der Waals surface area (Å²) in [6, 6.07) is 11.5. The molecule has 2 aromatic rings. The van der Waals surface area contributed by atoms with Gasteiger partial charge in [0.15, 0.2) is 0 Å². The van der Waals surface area contributed by atoms with Gasteiger partial charge < -0.3 is 20.2 Å². The predicted molar refractivity (Wildman–Crippen MR) is 122 cm³/mol. The number of rotatable bonds is 13. The average Bonchev–Trinajstić information content (AvgIpc) is 3.44. The van der Waals surface area contributed by atoms with Gasteiger partial charge in [-0.1, -0.05) is 30.3 Å². The van der Waals surface area contributed by atoms with E-state index in [-0.39, 0.29) is 48.8 Å². The maximum Gasteiger partial charge on any atom is 0.276 e. The van der Waals surface area contributed by atoms with Crippen molar-refractivity contribution in [3.63, 3.8) is 0 Å². The van der Waals surface area contributed by atoms with Gasteiger partial charge in [-0.2, -0.15) is 4.31 Å². The lowest BCUT2D eigenvalue weighted by Crippen LogP contribution is -2.51. The van der Waals surface area contributed by atoms with Crippen LogP contribution in [0.5, 0.6) is 0 Å². The summed E-state index contributed by atoms with van der Waals surface area (Å²) in [5.74, 6) is -0.400. The second-order valence-electron chi connectivity index (χ2n) is 8.30. The van der Waals surface area contributed by atoms with E-state index in [4.69, 9.17) is 4.42 Å². The quantitative estimate of drug-likeness (QED) is 0.399. The van der Waals surface area contributed by atoms with Crippen molar-refractivity contribution in [2.45, 2.75) is 49.3 Å². The zero-order chi connectivity index (χ0) is 23.8. The number of nitrogens with one attached hydrogen (secondary N) is 2. The third-order valence-electron chi connectivity index (χ3n) is 5.61. The minimum absolute atomic E-state index is 0.0250. The van der Waals surface area contributed by atoms with Crippen LogP contribution in [0.4, 0.5) is 0 Å². The Bertz CT molecular complexity index is 1010. The van der Waals surface area contributed by atoms with Crippen molar-refractivity contribution in [3.8, 4) is 0 Å². The van der Waals surface area contributed by atoms with Crippen LogP contribution in [0.25, 0.3) is 0 Å². The maximum absolute atomic E-state index is 13.1. The standard InChI is InChI=1S/C23H31N3O6S/c1-24-21(28)11-12-22(29)25-19(14-17-6-3-2-4-7-17)20(27)16-26(15-18-9-10-18)33(30,31)23-8-5-13-32-23/h2-8,13,18-20,27H,9-12,14-16H2,1H3,(H,24,28)(H,25,29)/t19-,20+/m0/s1. The van der Waals surface area contributed by atoms with Gasteiger partial charge in [0.2, 0.25) is 16.9 Å². The van der Waals surface area contributed by atoms with Crippen LogP contribution in [0.1, 0.15) is 31.2 Å². The molecule has 0 bridgehead atoms. The zero-order valence-corrected chi connectivity index (χ0v) is 19.5. The largest absolute Gasteiger partial charge is 0.452 e. The van der Waals surface area contributed by atoms with Gasteiger partial charge in [-0.05, 0) is 42.9 Å². The topological polar surface area (TPSA) is 129 Å². The second-order valence-corrected chi connectivity index (χ2v) is 10.2. The van der Waals surface area contributed by atoms with Crippen molar-refractivity contribution in [2.75, 3.05) is 20.1 Å². The SMILES string of the molecule is CNC(=O)CCC(=O)N[C@@H](Cc1ccccc1)[C@H](O)CN(CC1CC1)S(=O)(=O)c1ccco1. The summed E-state index contributed by atoms with van der Waals surface area (Å²) in [6.07, 6.45) is 2.30. The van der Waals surface area contributed by atoms with Crippen molar-refractivity contribution in [2.24, 2.45) is 5.92 Å². The number of carbonyl (C=O) groups excluding carboxylic acids is 2. The normalized spacial score (nSPS) is 15.7. The number of aliphatic hydroxyl groups excluding tert-OH is 1. The molecular weight excluding hydrogens is 446 g/mol. The van der Waals surface area contributed by atoms with E-state index >= 15 is 0 Å². The Kier molecular flexibility index (Phi) is 8.65. The number of amides is 2. The summed E-state index contributed by atoms with van der Waals surface area (Å²) in [6.45, 7) is 0.0928. The van der Waals surface area contributed by atoms with E-state index in [9.17, 15) is 23.1 Å². The minimum Gasteiger partial charge on any atom is -0.452 e. The van der Waals surface area contributed by atoms with Crippen molar-refractivity contribution in [1.82, 2.24) is 14.9 Å². The lowest BCUT2D eigenvalue weighted by Gasteiger charge is -2.29. The summed E-state index contributed by atoms with van der Waals surface area (Å²) in [4.78, 5) is 24.0. The van der Waals surface area contributed by atoms with Crippen LogP contribution in [0.2, 0.25) is 0 Å². The molecular formula is C23H31N3O6S. The number of nitrogens with zero attached hydrogens (tertiary/aromatic N) is 1. The lowest BCUT2D eigenvalue weighted by molar-refractivity contribution is -0.127. The van der Waals surface area contributed by atoms with E-state index in [0.717, 1.165) is 18.4 Å². The molecule has 1 aromatic heterocycles. The number of hydrogen-bond acceptors (Lipinski definition) is 6. The van der Waals surface area contributed by atoms with Crippen LogP contribution < -0.4 is 10.6 Å². The van der Waals surface area contributed by atoms with Gasteiger partial charge in [0.1, 0.15) is 0 Å². The van der Waals surface area contributed by atoms with Crippen LogP contribution in [0.15, 0.2) is 58.2 Å². The molecule has 2 amide bonds. The molecule has 1 aromatic carbocycles. The second kappa shape index (κ2) is 11.4. The number of furan rings is 1. The molecule has 10 heteroatoms. The molecule has 1 fully saturated rings. The molecule has 0 spiro atoms. The van der Waals surface area contributed by atoms with Crippen LogP contribution >= 0.6 is 0 Å². The lowest BCUT2D eigenvalue weighted by atomic mass is 10.0. The highest BCUT2D eigenvalue weighted by Crippen LogP contribution is 2.32. The Morgan fingerprint density at radius 2 is 1.82 bits per heavy atom. The fraction of sp³-hybridized carbons (Fsp3) is 0.478. The van der Waals surface area contributed by atoms with Gasteiger partial charge in [-0.25, -0.2) is 8.42 Å². The van der Waals surface area contributed by atoms with E-state index in [2.05, 4.69) is 10.6 Å². The van der Waals surface area contributed by atoms with E-state index in [1.54, 1.807) is 0 Å². The maximum atomic E-state index is 13.1. The average molecular weight is 478 g/mol.